The Morgan fingerprint density at radius 2 is 1.50 bits per heavy atom. The zero-order valence-electron chi connectivity index (χ0n) is 20.3. The average molecular weight is 485 g/mol. The number of ether oxygens (including phenoxy) is 1. The van der Waals surface area contributed by atoms with Crippen molar-refractivity contribution in [3.63, 3.8) is 0 Å². The molecule has 2 aliphatic heterocycles. The number of hydrogen-bond acceptors (Lipinski definition) is 5. The average Bonchev–Trinajstić information content (AvgIpc) is 3.65. The lowest BCUT2D eigenvalue weighted by atomic mass is 9.60. The van der Waals surface area contributed by atoms with Gasteiger partial charge in [-0.1, -0.05) is 0 Å². The van der Waals surface area contributed by atoms with Gasteiger partial charge >= 0.3 is 0 Å². The largest absolute Gasteiger partial charge is 0.490 e. The van der Waals surface area contributed by atoms with Crippen molar-refractivity contribution in [3.8, 4) is 5.75 Å². The lowest BCUT2D eigenvalue weighted by Gasteiger charge is -2.42. The van der Waals surface area contributed by atoms with E-state index in [1.54, 1.807) is 6.07 Å². The van der Waals surface area contributed by atoms with Gasteiger partial charge in [-0.25, -0.2) is 0 Å². The molecule has 2 saturated heterocycles. The number of fused-ring (bicyclic) bond motifs is 6. The van der Waals surface area contributed by atoms with Crippen LogP contribution in [0.4, 0.5) is 0 Å². The molecule has 1 saturated carbocycles. The normalized spacial score (nSPS) is 24.9. The molecule has 2 aromatic carbocycles. The van der Waals surface area contributed by atoms with Gasteiger partial charge in [0, 0.05) is 54.4 Å². The predicted molar refractivity (Wildman–Crippen MR) is 134 cm³/mol. The van der Waals surface area contributed by atoms with Gasteiger partial charge in [0.2, 0.25) is 0 Å². The van der Waals surface area contributed by atoms with E-state index in [2.05, 4.69) is 20.4 Å². The number of nitrogens with one attached hydrogen (secondary N) is 2. The van der Waals surface area contributed by atoms with Crippen LogP contribution < -0.4 is 4.74 Å². The van der Waals surface area contributed by atoms with Gasteiger partial charge in [0.25, 0.3) is 11.8 Å². The SMILES string of the molecule is CC(C)Oc1cc(C(=O)N2CC3C(C2)[C@@H]2CN(C(=O)c4ccc5n[nH]nc5c4)C[C@H]32)cc2[nH]ccc12. The number of aromatic amines is 2. The monoisotopic (exact) mass is 484 g/mol. The third-order valence-electron chi connectivity index (χ3n) is 8.30. The summed E-state index contributed by atoms with van der Waals surface area (Å²) in [6.07, 6.45) is 1.90. The fraction of sp³-hybridized carbons (Fsp3) is 0.407. The van der Waals surface area contributed by atoms with Crippen LogP contribution in [0, 0.1) is 23.7 Å². The lowest BCUT2D eigenvalue weighted by molar-refractivity contribution is 0.0629. The van der Waals surface area contributed by atoms with Gasteiger partial charge in [-0.3, -0.25) is 9.59 Å². The fourth-order valence-corrected chi connectivity index (χ4v) is 6.65. The minimum Gasteiger partial charge on any atom is -0.490 e. The summed E-state index contributed by atoms with van der Waals surface area (Å²) in [6.45, 7) is 6.99. The molecule has 2 amide bonds. The van der Waals surface area contributed by atoms with Gasteiger partial charge in [-0.05, 0) is 73.9 Å². The van der Waals surface area contributed by atoms with Crippen molar-refractivity contribution in [2.75, 3.05) is 26.2 Å². The third kappa shape index (κ3) is 3.22. The van der Waals surface area contributed by atoms with E-state index >= 15 is 0 Å². The van der Waals surface area contributed by atoms with E-state index in [1.165, 1.54) is 0 Å². The van der Waals surface area contributed by atoms with Crippen molar-refractivity contribution in [3.05, 3.63) is 53.7 Å². The summed E-state index contributed by atoms with van der Waals surface area (Å²) >= 11 is 0. The highest BCUT2D eigenvalue weighted by Crippen LogP contribution is 2.54. The first-order valence-corrected chi connectivity index (χ1v) is 12.6. The van der Waals surface area contributed by atoms with Gasteiger partial charge in [-0.15, -0.1) is 0 Å². The molecule has 2 N–H and O–H groups in total. The van der Waals surface area contributed by atoms with Crippen molar-refractivity contribution < 1.29 is 14.3 Å². The van der Waals surface area contributed by atoms with Crippen molar-refractivity contribution in [1.29, 1.82) is 0 Å². The molecular weight excluding hydrogens is 456 g/mol. The number of nitrogens with zero attached hydrogens (tertiary/aromatic N) is 4. The Morgan fingerprint density at radius 3 is 2.17 bits per heavy atom. The summed E-state index contributed by atoms with van der Waals surface area (Å²) < 4.78 is 6.01. The van der Waals surface area contributed by atoms with Gasteiger partial charge in [0.15, 0.2) is 0 Å². The second-order valence-corrected chi connectivity index (χ2v) is 10.7. The quantitative estimate of drug-likeness (QED) is 0.462. The Kier molecular flexibility index (Phi) is 4.64. The third-order valence-corrected chi connectivity index (χ3v) is 8.30. The number of hydrogen-bond donors (Lipinski definition) is 2. The van der Waals surface area contributed by atoms with Crippen molar-refractivity contribution in [1.82, 2.24) is 30.2 Å². The van der Waals surface area contributed by atoms with Gasteiger partial charge in [0.1, 0.15) is 16.8 Å². The fourth-order valence-electron chi connectivity index (χ4n) is 6.65. The predicted octanol–water partition coefficient (Wildman–Crippen LogP) is 3.32. The van der Waals surface area contributed by atoms with Gasteiger partial charge < -0.3 is 19.5 Å². The van der Waals surface area contributed by atoms with Crippen LogP contribution in [-0.2, 0) is 0 Å². The van der Waals surface area contributed by atoms with Crippen molar-refractivity contribution >= 4 is 33.8 Å². The minimum absolute atomic E-state index is 0.0268. The molecule has 3 aliphatic rings. The Balaban J connectivity index is 1.05. The first-order chi connectivity index (χ1) is 17.5. The Bertz CT molecular complexity index is 1490. The van der Waals surface area contributed by atoms with E-state index in [9.17, 15) is 9.59 Å². The molecule has 4 aromatic rings. The van der Waals surface area contributed by atoms with Crippen LogP contribution in [-0.4, -0.2) is 74.3 Å². The maximum absolute atomic E-state index is 13.5. The van der Waals surface area contributed by atoms with Crippen LogP contribution >= 0.6 is 0 Å². The molecular formula is C27H28N6O3. The summed E-state index contributed by atoms with van der Waals surface area (Å²) in [7, 11) is 0. The smallest absolute Gasteiger partial charge is 0.254 e. The van der Waals surface area contributed by atoms with E-state index in [0.717, 1.165) is 48.3 Å². The minimum atomic E-state index is 0.0268. The maximum atomic E-state index is 13.5. The Morgan fingerprint density at radius 1 is 0.861 bits per heavy atom. The molecule has 7 rings (SSSR count). The summed E-state index contributed by atoms with van der Waals surface area (Å²) in [5.41, 5.74) is 3.68. The highest BCUT2D eigenvalue weighted by molar-refractivity contribution is 6.00. The number of H-pyrrole nitrogens is 2. The molecule has 184 valence electrons. The molecule has 3 fully saturated rings. The summed E-state index contributed by atoms with van der Waals surface area (Å²) in [6, 6.07) is 11.3. The number of rotatable bonds is 4. The van der Waals surface area contributed by atoms with Gasteiger partial charge in [-0.2, -0.15) is 15.4 Å². The van der Waals surface area contributed by atoms with E-state index in [1.807, 2.05) is 60.2 Å². The number of carbonyl (C=O) groups excluding carboxylic acids is 2. The number of aromatic nitrogens is 4. The van der Waals surface area contributed by atoms with Crippen LogP contribution in [0.5, 0.6) is 5.75 Å². The number of benzene rings is 2. The number of likely N-dealkylation sites (tertiary alicyclic amines) is 2. The number of amides is 2. The van der Waals surface area contributed by atoms with E-state index < -0.39 is 0 Å². The molecule has 36 heavy (non-hydrogen) atoms. The first kappa shape index (κ1) is 21.4. The zero-order valence-corrected chi connectivity index (χ0v) is 20.3. The standard InChI is InChI=1S/C27H28N6O3/c1-14(2)36-25-9-16(8-23-17(25)5-6-28-23)27(35)33-12-20-18-10-32(11-19(18)21(20)13-33)26(34)15-3-4-22-24(7-15)30-31-29-22/h3-9,14,18-21,28H,10-13H2,1-2H3,(H,29,30,31)/t18-,19+,20?,21?. The van der Waals surface area contributed by atoms with Gasteiger partial charge in [0.05, 0.1) is 6.10 Å². The Hall–Kier alpha value is -3.88. The van der Waals surface area contributed by atoms with E-state index in [0.29, 0.717) is 40.3 Å². The van der Waals surface area contributed by atoms with Crippen LogP contribution in [0.3, 0.4) is 0 Å². The van der Waals surface area contributed by atoms with E-state index in [4.69, 9.17) is 4.74 Å². The first-order valence-electron chi connectivity index (χ1n) is 12.6. The molecule has 1 aliphatic carbocycles. The van der Waals surface area contributed by atoms with Crippen LogP contribution in [0.25, 0.3) is 21.9 Å². The van der Waals surface area contributed by atoms with Crippen molar-refractivity contribution in [2.24, 2.45) is 23.7 Å². The van der Waals surface area contributed by atoms with E-state index in [-0.39, 0.29) is 17.9 Å². The highest BCUT2D eigenvalue weighted by atomic mass is 16.5. The second kappa shape index (κ2) is 7.81. The van der Waals surface area contributed by atoms with Crippen molar-refractivity contribution in [2.45, 2.75) is 20.0 Å². The van der Waals surface area contributed by atoms with Crippen LogP contribution in [0.2, 0.25) is 0 Å². The molecule has 0 bridgehead atoms. The summed E-state index contributed by atoms with van der Waals surface area (Å²) in [5, 5.41) is 11.8. The topological polar surface area (TPSA) is 107 Å². The molecule has 9 nitrogen and oxygen atoms in total. The van der Waals surface area contributed by atoms with Crippen LogP contribution in [0.1, 0.15) is 34.6 Å². The number of carbonyl (C=O) groups is 2. The molecule has 0 spiro atoms. The molecule has 4 heterocycles. The second-order valence-electron chi connectivity index (χ2n) is 10.7. The lowest BCUT2D eigenvalue weighted by Crippen LogP contribution is -2.44. The zero-order chi connectivity index (χ0) is 24.6. The summed E-state index contributed by atoms with van der Waals surface area (Å²) in [5.74, 6) is 2.67. The summed E-state index contributed by atoms with van der Waals surface area (Å²) in [4.78, 5) is 33.9. The molecule has 2 aromatic heterocycles. The maximum Gasteiger partial charge on any atom is 0.254 e. The van der Waals surface area contributed by atoms with Crippen LogP contribution in [0.15, 0.2) is 42.6 Å². The molecule has 4 atom stereocenters. The molecule has 9 heteroatoms. The molecule has 2 unspecified atom stereocenters. The Labute approximate surface area is 207 Å². The highest BCUT2D eigenvalue weighted by Gasteiger charge is 2.59. The molecule has 0 radical (unpaired) electrons.